The third-order valence-corrected chi connectivity index (χ3v) is 5.27. The number of carbonyl (C=O) groups is 1. The average Bonchev–Trinajstić information content (AvgIpc) is 3.11. The lowest BCUT2D eigenvalue weighted by molar-refractivity contribution is -0.116. The molecule has 1 amide bonds. The fourth-order valence-corrected chi connectivity index (χ4v) is 3.91. The summed E-state index contributed by atoms with van der Waals surface area (Å²) < 4.78 is 2.00. The Morgan fingerprint density at radius 2 is 2.22 bits per heavy atom. The van der Waals surface area contributed by atoms with Crippen LogP contribution in [-0.4, -0.2) is 15.3 Å². The highest BCUT2D eigenvalue weighted by Gasteiger charge is 2.15. The molecular formula is C18H17N3OS. The molecule has 0 saturated carbocycles. The Hall–Kier alpha value is -2.40. The van der Waals surface area contributed by atoms with Gasteiger partial charge in [-0.05, 0) is 29.7 Å². The zero-order valence-electron chi connectivity index (χ0n) is 12.8. The molecule has 1 atom stereocenters. The predicted octanol–water partition coefficient (Wildman–Crippen LogP) is 2.31. The molecule has 3 aromatic rings. The molecule has 1 aromatic carbocycles. The van der Waals surface area contributed by atoms with Gasteiger partial charge in [-0.1, -0.05) is 36.4 Å². The molecule has 4 rings (SSSR count). The molecule has 0 radical (unpaired) electrons. The normalized spacial score (nSPS) is 16.5. The summed E-state index contributed by atoms with van der Waals surface area (Å²) >= 11 is 1.60. The van der Waals surface area contributed by atoms with E-state index >= 15 is 0 Å². The summed E-state index contributed by atoms with van der Waals surface area (Å²) in [5.74, 6) is 0.923. The zero-order valence-corrected chi connectivity index (χ0v) is 13.6. The molecule has 0 spiro atoms. The van der Waals surface area contributed by atoms with Crippen LogP contribution in [0.2, 0.25) is 0 Å². The Kier molecular flexibility index (Phi) is 3.50. The van der Waals surface area contributed by atoms with Gasteiger partial charge in [-0.2, -0.15) is 0 Å². The number of nitrogens with one attached hydrogen (secondary N) is 1. The van der Waals surface area contributed by atoms with E-state index in [1.165, 1.54) is 10.4 Å². The summed E-state index contributed by atoms with van der Waals surface area (Å²) in [5.41, 5.74) is 1.13. The van der Waals surface area contributed by atoms with Crippen LogP contribution < -0.4 is 15.8 Å². The Morgan fingerprint density at radius 3 is 3.09 bits per heavy atom. The average molecular weight is 323 g/mol. The molecule has 0 fully saturated rings. The van der Waals surface area contributed by atoms with Gasteiger partial charge in [0.2, 0.25) is 5.91 Å². The SMILES string of the molecule is Cc1csc2c(NC(=O)CC3C=c4ccccc4=CC3)ncn12. The summed E-state index contributed by atoms with van der Waals surface area (Å²) in [6.45, 7) is 2.03. The van der Waals surface area contributed by atoms with Gasteiger partial charge in [-0.25, -0.2) is 4.98 Å². The number of benzene rings is 1. The molecule has 1 aliphatic carbocycles. The molecule has 1 aliphatic rings. The van der Waals surface area contributed by atoms with Crippen molar-refractivity contribution in [2.24, 2.45) is 5.92 Å². The van der Waals surface area contributed by atoms with Crippen LogP contribution in [0.5, 0.6) is 0 Å². The maximum absolute atomic E-state index is 12.4. The van der Waals surface area contributed by atoms with Crippen molar-refractivity contribution in [3.63, 3.8) is 0 Å². The Balaban J connectivity index is 1.49. The van der Waals surface area contributed by atoms with Crippen molar-refractivity contribution in [2.75, 3.05) is 5.32 Å². The maximum atomic E-state index is 12.4. The van der Waals surface area contributed by atoms with Crippen LogP contribution in [0.1, 0.15) is 18.5 Å². The number of rotatable bonds is 3. The van der Waals surface area contributed by atoms with E-state index < -0.39 is 0 Å². The number of carbonyl (C=O) groups excluding carboxylic acids is 1. The molecule has 2 aromatic heterocycles. The first-order chi connectivity index (χ1) is 11.2. The van der Waals surface area contributed by atoms with Crippen molar-refractivity contribution < 1.29 is 4.79 Å². The standard InChI is InChI=1S/C18H17N3OS/c1-12-10-23-18-17(19-11-21(12)18)20-16(22)9-13-6-7-14-4-2-3-5-15(14)8-13/h2-5,7-8,10-11,13H,6,9H2,1H3,(H,20,22). The highest BCUT2D eigenvalue weighted by Crippen LogP contribution is 2.24. The first-order valence-corrected chi connectivity index (χ1v) is 8.57. The van der Waals surface area contributed by atoms with Gasteiger partial charge >= 0.3 is 0 Å². The molecule has 116 valence electrons. The molecule has 2 heterocycles. The third-order valence-electron chi connectivity index (χ3n) is 4.20. The molecule has 23 heavy (non-hydrogen) atoms. The molecule has 0 aliphatic heterocycles. The van der Waals surface area contributed by atoms with Gasteiger partial charge in [0.25, 0.3) is 0 Å². The van der Waals surface area contributed by atoms with E-state index in [2.05, 4.69) is 40.0 Å². The van der Waals surface area contributed by atoms with E-state index in [-0.39, 0.29) is 11.8 Å². The Labute approximate surface area is 137 Å². The van der Waals surface area contributed by atoms with Gasteiger partial charge in [0, 0.05) is 17.5 Å². The van der Waals surface area contributed by atoms with Crippen molar-refractivity contribution in [1.82, 2.24) is 9.38 Å². The van der Waals surface area contributed by atoms with Crippen LogP contribution in [0.4, 0.5) is 5.82 Å². The number of amides is 1. The molecule has 5 heteroatoms. The number of aryl methyl sites for hydroxylation is 1. The quantitative estimate of drug-likeness (QED) is 0.804. The van der Waals surface area contributed by atoms with Crippen molar-refractivity contribution in [2.45, 2.75) is 19.8 Å². The second-order valence-corrected chi connectivity index (χ2v) is 6.75. The predicted molar refractivity (Wildman–Crippen MR) is 93.8 cm³/mol. The van der Waals surface area contributed by atoms with Crippen LogP contribution in [0.3, 0.4) is 0 Å². The van der Waals surface area contributed by atoms with E-state index in [1.54, 1.807) is 17.7 Å². The number of imidazole rings is 1. The minimum Gasteiger partial charge on any atom is -0.308 e. The molecule has 1 unspecified atom stereocenters. The highest BCUT2D eigenvalue weighted by molar-refractivity contribution is 7.16. The number of aromatic nitrogens is 2. The molecule has 1 N–H and O–H groups in total. The fraction of sp³-hybridized carbons (Fsp3) is 0.222. The molecular weight excluding hydrogens is 306 g/mol. The molecule has 0 saturated heterocycles. The zero-order chi connectivity index (χ0) is 15.8. The Bertz CT molecular complexity index is 999. The largest absolute Gasteiger partial charge is 0.308 e. The smallest absolute Gasteiger partial charge is 0.226 e. The van der Waals surface area contributed by atoms with Gasteiger partial charge in [0.05, 0.1) is 0 Å². The van der Waals surface area contributed by atoms with Crippen LogP contribution >= 0.6 is 11.3 Å². The number of hydrogen-bond donors (Lipinski definition) is 1. The van der Waals surface area contributed by atoms with E-state index in [9.17, 15) is 4.79 Å². The first kappa shape index (κ1) is 14.2. The van der Waals surface area contributed by atoms with Gasteiger partial charge in [-0.3, -0.25) is 9.20 Å². The van der Waals surface area contributed by atoms with Crippen molar-refractivity contribution >= 4 is 40.0 Å². The lowest BCUT2D eigenvalue weighted by atomic mass is 9.94. The van der Waals surface area contributed by atoms with Crippen LogP contribution in [0.15, 0.2) is 36.0 Å². The number of fused-ring (bicyclic) bond motifs is 2. The van der Waals surface area contributed by atoms with Crippen LogP contribution in [-0.2, 0) is 4.79 Å². The first-order valence-electron chi connectivity index (χ1n) is 7.69. The second-order valence-electron chi connectivity index (χ2n) is 5.89. The fourth-order valence-electron chi connectivity index (χ4n) is 3.00. The summed E-state index contributed by atoms with van der Waals surface area (Å²) in [7, 11) is 0. The summed E-state index contributed by atoms with van der Waals surface area (Å²) in [5, 5.41) is 7.49. The third kappa shape index (κ3) is 2.68. The molecule has 0 bridgehead atoms. The summed E-state index contributed by atoms with van der Waals surface area (Å²) in [4.78, 5) is 17.6. The van der Waals surface area contributed by atoms with Crippen molar-refractivity contribution in [3.8, 4) is 0 Å². The summed E-state index contributed by atoms with van der Waals surface area (Å²) in [6.07, 6.45) is 7.56. The number of hydrogen-bond acceptors (Lipinski definition) is 3. The highest BCUT2D eigenvalue weighted by atomic mass is 32.1. The van der Waals surface area contributed by atoms with E-state index in [1.807, 2.05) is 23.5 Å². The van der Waals surface area contributed by atoms with Gasteiger partial charge in [-0.15, -0.1) is 11.3 Å². The van der Waals surface area contributed by atoms with Gasteiger partial charge < -0.3 is 5.32 Å². The minimum absolute atomic E-state index is 0.0192. The van der Waals surface area contributed by atoms with Gasteiger partial charge in [0.1, 0.15) is 11.2 Å². The number of thiazole rings is 1. The van der Waals surface area contributed by atoms with Crippen LogP contribution in [0, 0.1) is 12.8 Å². The Morgan fingerprint density at radius 1 is 1.39 bits per heavy atom. The number of anilines is 1. The van der Waals surface area contributed by atoms with E-state index in [0.717, 1.165) is 16.9 Å². The lowest BCUT2D eigenvalue weighted by Crippen LogP contribution is -2.29. The molecule has 4 nitrogen and oxygen atoms in total. The van der Waals surface area contributed by atoms with Crippen molar-refractivity contribution in [3.05, 3.63) is 52.1 Å². The van der Waals surface area contributed by atoms with E-state index in [0.29, 0.717) is 12.2 Å². The number of nitrogens with zero attached hydrogens (tertiary/aromatic N) is 2. The van der Waals surface area contributed by atoms with E-state index in [4.69, 9.17) is 0 Å². The minimum atomic E-state index is 0.0192. The van der Waals surface area contributed by atoms with Crippen LogP contribution in [0.25, 0.3) is 17.0 Å². The maximum Gasteiger partial charge on any atom is 0.226 e. The lowest BCUT2D eigenvalue weighted by Gasteiger charge is -2.13. The topological polar surface area (TPSA) is 46.4 Å². The monoisotopic (exact) mass is 323 g/mol. The van der Waals surface area contributed by atoms with Gasteiger partial charge in [0.15, 0.2) is 5.82 Å². The summed E-state index contributed by atoms with van der Waals surface area (Å²) in [6, 6.07) is 8.29. The van der Waals surface area contributed by atoms with Crippen molar-refractivity contribution in [1.29, 1.82) is 0 Å². The second kappa shape index (κ2) is 5.66.